The minimum atomic E-state index is -0.382. The van der Waals surface area contributed by atoms with Crippen LogP contribution in [0, 0.1) is 0 Å². The van der Waals surface area contributed by atoms with Gasteiger partial charge in [-0.25, -0.2) is 0 Å². The van der Waals surface area contributed by atoms with Gasteiger partial charge in [-0.3, -0.25) is 24.6 Å². The van der Waals surface area contributed by atoms with Gasteiger partial charge in [0.1, 0.15) is 5.69 Å². The lowest BCUT2D eigenvalue weighted by Gasteiger charge is -2.01. The highest BCUT2D eigenvalue weighted by Gasteiger charge is 2.26. The number of hydrogen-bond donors (Lipinski definition) is 1. The van der Waals surface area contributed by atoms with E-state index >= 15 is 0 Å². The number of imide groups is 1. The van der Waals surface area contributed by atoms with Gasteiger partial charge < -0.3 is 0 Å². The fourth-order valence-corrected chi connectivity index (χ4v) is 3.36. The summed E-state index contributed by atoms with van der Waals surface area (Å²) in [4.78, 5) is 27.8. The highest BCUT2D eigenvalue weighted by molar-refractivity contribution is 8.18. The molecule has 0 aliphatic carbocycles. The van der Waals surface area contributed by atoms with E-state index in [1.807, 2.05) is 53.3 Å². The van der Waals surface area contributed by atoms with Gasteiger partial charge >= 0.3 is 0 Å². The number of hydrogen-bond acceptors (Lipinski definition) is 5. The number of carbonyl (C=O) groups excluding carboxylic acids is 2. The molecule has 0 bridgehead atoms. The van der Waals surface area contributed by atoms with Crippen molar-refractivity contribution in [1.29, 1.82) is 0 Å². The largest absolute Gasteiger partial charge is 0.290 e. The Bertz CT molecular complexity index is 997. The zero-order chi connectivity index (χ0) is 17.9. The molecule has 7 heteroatoms. The molecule has 2 amide bonds. The molecular weight excluding hydrogens is 348 g/mol. The number of pyridine rings is 1. The predicted molar refractivity (Wildman–Crippen MR) is 100 cm³/mol. The van der Waals surface area contributed by atoms with Crippen LogP contribution in [-0.2, 0) is 11.3 Å². The molecule has 3 aromatic rings. The molecule has 3 heterocycles. The van der Waals surface area contributed by atoms with Crippen LogP contribution >= 0.6 is 11.8 Å². The first-order valence-corrected chi connectivity index (χ1v) is 8.77. The van der Waals surface area contributed by atoms with E-state index in [4.69, 9.17) is 0 Å². The molecule has 6 nitrogen and oxygen atoms in total. The standard InChI is InChI=1S/C19H14N4O2S/c24-18-16(26-19(25)21-18)9-15-12-23(11-13-5-2-1-3-6-13)22-17(15)14-7-4-8-20-10-14/h1-10,12H,11H2,(H,21,24,25)/b16-9+. The SMILES string of the molecule is O=C1NC(=O)/C(=C\c2cn(Cc3ccccc3)nc2-c2cccnc2)S1. The van der Waals surface area contributed by atoms with Crippen molar-refractivity contribution in [1.82, 2.24) is 20.1 Å². The first-order chi connectivity index (χ1) is 12.7. The van der Waals surface area contributed by atoms with Gasteiger partial charge in [-0.15, -0.1) is 0 Å². The number of benzene rings is 1. The molecule has 0 atom stereocenters. The van der Waals surface area contributed by atoms with E-state index in [2.05, 4.69) is 15.4 Å². The van der Waals surface area contributed by atoms with Crippen LogP contribution in [0.2, 0.25) is 0 Å². The van der Waals surface area contributed by atoms with Crippen LogP contribution in [0.3, 0.4) is 0 Å². The average Bonchev–Trinajstić information content (AvgIpc) is 3.19. The Morgan fingerprint density at radius 3 is 2.65 bits per heavy atom. The quantitative estimate of drug-likeness (QED) is 0.721. The average molecular weight is 362 g/mol. The highest BCUT2D eigenvalue weighted by Crippen LogP contribution is 2.29. The molecule has 1 aliphatic heterocycles. The maximum Gasteiger partial charge on any atom is 0.290 e. The summed E-state index contributed by atoms with van der Waals surface area (Å²) in [6.07, 6.45) is 6.99. The predicted octanol–water partition coefficient (Wildman–Crippen LogP) is 3.32. The summed E-state index contributed by atoms with van der Waals surface area (Å²) in [6, 6.07) is 13.7. The number of aromatic nitrogens is 3. The Hall–Kier alpha value is -3.19. The monoisotopic (exact) mass is 362 g/mol. The van der Waals surface area contributed by atoms with E-state index in [9.17, 15) is 9.59 Å². The molecule has 1 aromatic carbocycles. The topological polar surface area (TPSA) is 76.9 Å². The Kier molecular flexibility index (Phi) is 4.37. The van der Waals surface area contributed by atoms with E-state index in [1.54, 1.807) is 18.5 Å². The molecular formula is C19H14N4O2S. The maximum atomic E-state index is 11.9. The molecule has 1 fully saturated rings. The molecule has 1 N–H and O–H groups in total. The van der Waals surface area contributed by atoms with Gasteiger partial charge in [0.2, 0.25) is 0 Å². The summed E-state index contributed by atoms with van der Waals surface area (Å²) in [7, 11) is 0. The van der Waals surface area contributed by atoms with E-state index in [1.165, 1.54) is 0 Å². The third kappa shape index (κ3) is 3.43. The van der Waals surface area contributed by atoms with Crippen molar-refractivity contribution in [2.75, 3.05) is 0 Å². The van der Waals surface area contributed by atoms with Crippen molar-refractivity contribution in [3.8, 4) is 11.3 Å². The Balaban J connectivity index is 1.75. The molecule has 4 rings (SSSR count). The molecule has 0 radical (unpaired) electrons. The minimum absolute atomic E-state index is 0.360. The molecule has 1 aliphatic rings. The van der Waals surface area contributed by atoms with Crippen molar-refractivity contribution >= 4 is 29.0 Å². The van der Waals surface area contributed by atoms with Gasteiger partial charge in [-0.2, -0.15) is 5.10 Å². The lowest BCUT2D eigenvalue weighted by atomic mass is 10.1. The lowest BCUT2D eigenvalue weighted by molar-refractivity contribution is -0.115. The van der Waals surface area contributed by atoms with Gasteiger partial charge in [-0.05, 0) is 35.5 Å². The highest BCUT2D eigenvalue weighted by atomic mass is 32.2. The van der Waals surface area contributed by atoms with E-state index < -0.39 is 0 Å². The van der Waals surface area contributed by atoms with Crippen LogP contribution < -0.4 is 5.32 Å². The van der Waals surface area contributed by atoms with Crippen LogP contribution in [0.25, 0.3) is 17.3 Å². The minimum Gasteiger partial charge on any atom is -0.282 e. The van der Waals surface area contributed by atoms with E-state index in [-0.39, 0.29) is 11.1 Å². The lowest BCUT2D eigenvalue weighted by Crippen LogP contribution is -2.17. The van der Waals surface area contributed by atoms with Crippen LogP contribution in [0.1, 0.15) is 11.1 Å². The first kappa shape index (κ1) is 16.3. The summed E-state index contributed by atoms with van der Waals surface area (Å²) in [5.74, 6) is -0.382. The Morgan fingerprint density at radius 2 is 1.96 bits per heavy atom. The van der Waals surface area contributed by atoms with E-state index in [0.717, 1.165) is 28.5 Å². The van der Waals surface area contributed by atoms with Gasteiger partial charge in [0.15, 0.2) is 0 Å². The van der Waals surface area contributed by atoms with Gasteiger partial charge in [0.05, 0.1) is 11.4 Å². The third-order valence-electron chi connectivity index (χ3n) is 3.84. The maximum absolute atomic E-state index is 11.9. The summed E-state index contributed by atoms with van der Waals surface area (Å²) in [6.45, 7) is 0.607. The summed E-state index contributed by atoms with van der Waals surface area (Å²) in [5.41, 5.74) is 3.45. The molecule has 1 saturated heterocycles. The number of rotatable bonds is 4. The number of thioether (sulfide) groups is 1. The van der Waals surface area contributed by atoms with Crippen molar-refractivity contribution in [2.45, 2.75) is 6.54 Å². The van der Waals surface area contributed by atoms with Crippen molar-refractivity contribution in [3.63, 3.8) is 0 Å². The van der Waals surface area contributed by atoms with Crippen LogP contribution in [-0.4, -0.2) is 25.9 Å². The van der Waals surface area contributed by atoms with Crippen molar-refractivity contribution in [2.24, 2.45) is 0 Å². The van der Waals surface area contributed by atoms with Gasteiger partial charge in [0.25, 0.3) is 11.1 Å². The summed E-state index contributed by atoms with van der Waals surface area (Å²) < 4.78 is 1.82. The molecule has 0 spiro atoms. The van der Waals surface area contributed by atoms with E-state index in [0.29, 0.717) is 17.1 Å². The number of nitrogens with zero attached hydrogens (tertiary/aromatic N) is 3. The molecule has 0 unspecified atom stereocenters. The van der Waals surface area contributed by atoms with Crippen LogP contribution in [0.15, 0.2) is 66.0 Å². The number of nitrogens with one attached hydrogen (secondary N) is 1. The molecule has 0 saturated carbocycles. The van der Waals surface area contributed by atoms with Crippen LogP contribution in [0.4, 0.5) is 4.79 Å². The first-order valence-electron chi connectivity index (χ1n) is 7.96. The second-order valence-electron chi connectivity index (χ2n) is 5.71. The zero-order valence-electron chi connectivity index (χ0n) is 13.6. The fraction of sp³-hybridized carbons (Fsp3) is 0.0526. The Labute approximate surface area is 153 Å². The normalized spacial score (nSPS) is 15.5. The number of carbonyl (C=O) groups is 2. The fourth-order valence-electron chi connectivity index (χ4n) is 2.68. The summed E-state index contributed by atoms with van der Waals surface area (Å²) >= 11 is 0.894. The molecule has 128 valence electrons. The second-order valence-corrected chi connectivity index (χ2v) is 6.72. The smallest absolute Gasteiger partial charge is 0.282 e. The third-order valence-corrected chi connectivity index (χ3v) is 4.65. The number of amides is 2. The van der Waals surface area contributed by atoms with Gasteiger partial charge in [-0.1, -0.05) is 30.3 Å². The van der Waals surface area contributed by atoms with Gasteiger partial charge in [0, 0.05) is 29.7 Å². The second kappa shape index (κ2) is 6.97. The van der Waals surface area contributed by atoms with Crippen molar-refractivity contribution in [3.05, 3.63) is 77.1 Å². The van der Waals surface area contributed by atoms with Crippen LogP contribution in [0.5, 0.6) is 0 Å². The molecule has 26 heavy (non-hydrogen) atoms. The zero-order valence-corrected chi connectivity index (χ0v) is 14.4. The Morgan fingerprint density at radius 1 is 1.12 bits per heavy atom. The summed E-state index contributed by atoms with van der Waals surface area (Å²) in [5, 5.41) is 6.58. The van der Waals surface area contributed by atoms with Crippen molar-refractivity contribution < 1.29 is 9.59 Å². The molecule has 2 aromatic heterocycles.